The Hall–Kier alpha value is -2.77. The van der Waals surface area contributed by atoms with Crippen molar-refractivity contribution in [3.8, 4) is 11.5 Å². The first-order chi connectivity index (χ1) is 14.5. The van der Waals surface area contributed by atoms with Crippen LogP contribution in [0.2, 0.25) is 0 Å². The molecule has 3 rings (SSSR count). The fourth-order valence-corrected chi connectivity index (χ4v) is 3.86. The predicted molar refractivity (Wildman–Crippen MR) is 119 cm³/mol. The smallest absolute Gasteiger partial charge is 0.227 e. The van der Waals surface area contributed by atoms with Gasteiger partial charge in [-0.05, 0) is 37.7 Å². The van der Waals surface area contributed by atoms with Gasteiger partial charge < -0.3 is 25.4 Å². The molecule has 30 heavy (non-hydrogen) atoms. The van der Waals surface area contributed by atoms with Gasteiger partial charge in [0.2, 0.25) is 11.9 Å². The highest BCUT2D eigenvalue weighted by atomic mass is 16.5. The Kier molecular flexibility index (Phi) is 7.54. The van der Waals surface area contributed by atoms with Gasteiger partial charge in [-0.1, -0.05) is 13.3 Å². The number of aromatic nitrogens is 2. The van der Waals surface area contributed by atoms with Gasteiger partial charge in [-0.2, -0.15) is 4.98 Å². The van der Waals surface area contributed by atoms with Crippen molar-refractivity contribution in [2.45, 2.75) is 45.4 Å². The maximum Gasteiger partial charge on any atom is 0.227 e. The summed E-state index contributed by atoms with van der Waals surface area (Å²) in [7, 11) is 3.19. The summed E-state index contributed by atoms with van der Waals surface area (Å²) in [5, 5.41) is 3.75. The van der Waals surface area contributed by atoms with Crippen molar-refractivity contribution in [2.24, 2.45) is 5.92 Å². The molecule has 1 aliphatic heterocycles. The monoisotopic (exact) mass is 415 g/mol. The van der Waals surface area contributed by atoms with E-state index in [4.69, 9.17) is 20.2 Å². The molecule has 0 bridgehead atoms. The molecule has 0 radical (unpaired) electrons. The number of methoxy groups -OCH3 is 2. The summed E-state index contributed by atoms with van der Waals surface area (Å²) in [4.78, 5) is 23.4. The lowest BCUT2D eigenvalue weighted by Crippen LogP contribution is -2.35. The van der Waals surface area contributed by atoms with Crippen LogP contribution in [0, 0.1) is 5.92 Å². The summed E-state index contributed by atoms with van der Waals surface area (Å²) in [5.41, 5.74) is 6.96. The minimum absolute atomic E-state index is 0.167. The van der Waals surface area contributed by atoms with E-state index < -0.39 is 0 Å². The SMILES string of the molecule is CCCCNC(=O)CCC1CCN(c2nc(N)c3cc(OC)c(OC)cc3n2)CC1. The summed E-state index contributed by atoms with van der Waals surface area (Å²) < 4.78 is 10.7. The number of nitrogens with zero attached hydrogens (tertiary/aromatic N) is 3. The van der Waals surface area contributed by atoms with Crippen molar-refractivity contribution >= 4 is 28.6 Å². The van der Waals surface area contributed by atoms with Gasteiger partial charge in [0.05, 0.1) is 19.7 Å². The minimum Gasteiger partial charge on any atom is -0.493 e. The zero-order valence-corrected chi connectivity index (χ0v) is 18.2. The predicted octanol–water partition coefficient (Wildman–Crippen LogP) is 3.14. The summed E-state index contributed by atoms with van der Waals surface area (Å²) in [6, 6.07) is 3.64. The van der Waals surface area contributed by atoms with E-state index in [1.54, 1.807) is 14.2 Å². The first-order valence-corrected chi connectivity index (χ1v) is 10.8. The fraction of sp³-hybridized carbons (Fsp3) is 0.591. The second-order valence-electron chi connectivity index (χ2n) is 7.81. The number of nitrogens with one attached hydrogen (secondary N) is 1. The molecule has 0 saturated carbocycles. The highest BCUT2D eigenvalue weighted by Gasteiger charge is 2.23. The number of unbranched alkanes of at least 4 members (excludes halogenated alkanes) is 1. The molecule has 0 spiro atoms. The maximum atomic E-state index is 11.9. The largest absolute Gasteiger partial charge is 0.493 e. The van der Waals surface area contributed by atoms with Crippen LogP contribution in [0.4, 0.5) is 11.8 Å². The number of nitrogen functional groups attached to an aromatic ring is 1. The topological polar surface area (TPSA) is 103 Å². The summed E-state index contributed by atoms with van der Waals surface area (Å²) >= 11 is 0. The molecule has 0 atom stereocenters. The third kappa shape index (κ3) is 5.23. The first kappa shape index (κ1) is 21.9. The second-order valence-corrected chi connectivity index (χ2v) is 7.81. The Bertz CT molecular complexity index is 865. The number of hydrogen-bond donors (Lipinski definition) is 2. The number of piperidine rings is 1. The van der Waals surface area contributed by atoms with E-state index in [2.05, 4.69) is 22.1 Å². The number of nitrogens with two attached hydrogens (primary N) is 1. The van der Waals surface area contributed by atoms with Crippen molar-refractivity contribution in [1.82, 2.24) is 15.3 Å². The van der Waals surface area contributed by atoms with Crippen LogP contribution >= 0.6 is 0 Å². The molecule has 1 saturated heterocycles. The zero-order valence-electron chi connectivity index (χ0n) is 18.2. The van der Waals surface area contributed by atoms with Gasteiger partial charge in [-0.25, -0.2) is 4.98 Å². The molecule has 1 amide bonds. The van der Waals surface area contributed by atoms with Crippen LogP contribution in [0.3, 0.4) is 0 Å². The van der Waals surface area contributed by atoms with Gasteiger partial charge >= 0.3 is 0 Å². The van der Waals surface area contributed by atoms with Crippen LogP contribution in [0.1, 0.15) is 45.4 Å². The molecule has 0 aliphatic carbocycles. The number of anilines is 2. The number of carbonyl (C=O) groups excluding carboxylic acids is 1. The maximum absolute atomic E-state index is 11.9. The molecular formula is C22H33N5O3. The molecule has 1 aliphatic rings. The molecule has 8 heteroatoms. The lowest BCUT2D eigenvalue weighted by Gasteiger charge is -2.32. The Balaban J connectivity index is 1.60. The standard InChI is InChI=1S/C22H33N5O3/c1-4-5-10-24-20(28)7-6-15-8-11-27(12-9-15)22-25-17-14-19(30-3)18(29-2)13-16(17)21(23)26-22/h13-15H,4-12H2,1-3H3,(H,24,28)(H2,23,25,26). The quantitative estimate of drug-likeness (QED) is 0.607. The Morgan fingerprint density at radius 2 is 1.90 bits per heavy atom. The van der Waals surface area contributed by atoms with Crippen LogP contribution in [0.15, 0.2) is 12.1 Å². The van der Waals surface area contributed by atoms with Crippen molar-refractivity contribution in [3.05, 3.63) is 12.1 Å². The van der Waals surface area contributed by atoms with E-state index in [0.29, 0.717) is 35.6 Å². The zero-order chi connectivity index (χ0) is 21.5. The highest BCUT2D eigenvalue weighted by molar-refractivity contribution is 5.91. The Morgan fingerprint density at radius 3 is 2.57 bits per heavy atom. The first-order valence-electron chi connectivity index (χ1n) is 10.8. The number of benzene rings is 1. The lowest BCUT2D eigenvalue weighted by molar-refractivity contribution is -0.121. The average molecular weight is 416 g/mol. The normalized spacial score (nSPS) is 14.7. The molecule has 1 aromatic heterocycles. The number of hydrogen-bond acceptors (Lipinski definition) is 7. The van der Waals surface area contributed by atoms with Gasteiger partial charge in [-0.3, -0.25) is 4.79 Å². The van der Waals surface area contributed by atoms with E-state index in [9.17, 15) is 4.79 Å². The molecule has 0 unspecified atom stereocenters. The van der Waals surface area contributed by atoms with Crippen molar-refractivity contribution in [1.29, 1.82) is 0 Å². The van der Waals surface area contributed by atoms with Crippen LogP contribution in [-0.4, -0.2) is 49.7 Å². The van der Waals surface area contributed by atoms with E-state index in [1.807, 2.05) is 12.1 Å². The lowest BCUT2D eigenvalue weighted by atomic mass is 9.92. The van der Waals surface area contributed by atoms with Crippen LogP contribution in [-0.2, 0) is 4.79 Å². The van der Waals surface area contributed by atoms with Gasteiger partial charge in [-0.15, -0.1) is 0 Å². The minimum atomic E-state index is 0.167. The van der Waals surface area contributed by atoms with Crippen LogP contribution in [0.5, 0.6) is 11.5 Å². The van der Waals surface area contributed by atoms with Crippen molar-refractivity contribution < 1.29 is 14.3 Å². The fourth-order valence-electron chi connectivity index (χ4n) is 3.86. The molecule has 164 valence electrons. The average Bonchev–Trinajstić information content (AvgIpc) is 2.77. The van der Waals surface area contributed by atoms with Gasteiger partial charge in [0.1, 0.15) is 5.82 Å². The van der Waals surface area contributed by atoms with Crippen molar-refractivity contribution in [2.75, 3.05) is 44.5 Å². The second kappa shape index (κ2) is 10.3. The third-order valence-corrected chi connectivity index (χ3v) is 5.75. The van der Waals surface area contributed by atoms with E-state index in [-0.39, 0.29) is 5.91 Å². The number of carbonyl (C=O) groups is 1. The molecule has 8 nitrogen and oxygen atoms in total. The summed E-state index contributed by atoms with van der Waals surface area (Å²) in [6.07, 6.45) is 5.72. The van der Waals surface area contributed by atoms with E-state index in [1.165, 1.54) is 0 Å². The highest BCUT2D eigenvalue weighted by Crippen LogP contribution is 2.34. The van der Waals surface area contributed by atoms with Crippen LogP contribution < -0.4 is 25.4 Å². The van der Waals surface area contributed by atoms with Crippen LogP contribution in [0.25, 0.3) is 10.9 Å². The third-order valence-electron chi connectivity index (χ3n) is 5.75. The van der Waals surface area contributed by atoms with E-state index in [0.717, 1.165) is 62.6 Å². The van der Waals surface area contributed by atoms with Gasteiger partial charge in [0.15, 0.2) is 11.5 Å². The van der Waals surface area contributed by atoms with Gasteiger partial charge in [0, 0.05) is 37.5 Å². The van der Waals surface area contributed by atoms with Crippen molar-refractivity contribution in [3.63, 3.8) is 0 Å². The van der Waals surface area contributed by atoms with Gasteiger partial charge in [0.25, 0.3) is 0 Å². The number of rotatable bonds is 9. The number of amides is 1. The molecule has 2 aromatic rings. The summed E-state index contributed by atoms with van der Waals surface area (Å²) in [6.45, 7) is 4.63. The molecule has 1 aromatic carbocycles. The molecular weight excluding hydrogens is 382 g/mol. The number of fused-ring (bicyclic) bond motifs is 1. The Morgan fingerprint density at radius 1 is 1.20 bits per heavy atom. The molecule has 2 heterocycles. The Labute approximate surface area is 178 Å². The molecule has 1 fully saturated rings. The molecule has 3 N–H and O–H groups in total. The number of ether oxygens (including phenoxy) is 2. The summed E-state index contributed by atoms with van der Waals surface area (Å²) in [5.74, 6) is 3.02. The van der Waals surface area contributed by atoms with E-state index >= 15 is 0 Å².